The van der Waals surface area contributed by atoms with Crippen LogP contribution in [0.5, 0.6) is 0 Å². The second-order valence-corrected chi connectivity index (χ2v) is 7.16. The molecule has 0 unspecified atom stereocenters. The third-order valence-electron chi connectivity index (χ3n) is 2.95. The number of nitrogens with zero attached hydrogens (tertiary/aromatic N) is 1. The van der Waals surface area contributed by atoms with Crippen molar-refractivity contribution in [2.45, 2.75) is 39.7 Å². The molecule has 0 bridgehead atoms. The van der Waals surface area contributed by atoms with E-state index in [1.165, 1.54) is 5.01 Å². The van der Waals surface area contributed by atoms with Crippen molar-refractivity contribution in [3.8, 4) is 0 Å². The molecule has 1 aliphatic rings. The average Bonchev–Trinajstić information content (AvgIpc) is 2.63. The number of nitrogens with one attached hydrogen (secondary N) is 1. The molecule has 1 N–H and O–H groups in total. The zero-order valence-electron chi connectivity index (χ0n) is 11.2. The van der Waals surface area contributed by atoms with Gasteiger partial charge >= 0.3 is 0 Å². The van der Waals surface area contributed by atoms with Crippen LogP contribution < -0.4 is 5.32 Å². The van der Waals surface area contributed by atoms with Crippen molar-refractivity contribution >= 4 is 11.3 Å². The highest BCUT2D eigenvalue weighted by atomic mass is 32.1. The molecule has 2 heterocycles. The minimum Gasteiger partial charge on any atom is -0.380 e. The van der Waals surface area contributed by atoms with E-state index in [9.17, 15) is 0 Å². The lowest BCUT2D eigenvalue weighted by Crippen LogP contribution is -2.47. The van der Waals surface area contributed by atoms with Crippen LogP contribution in [0.15, 0.2) is 5.38 Å². The fraction of sp³-hybridized carbons (Fsp3) is 0.769. The van der Waals surface area contributed by atoms with Crippen molar-refractivity contribution in [2.24, 2.45) is 5.41 Å². The highest BCUT2D eigenvalue weighted by molar-refractivity contribution is 7.09. The predicted molar refractivity (Wildman–Crippen MR) is 71.4 cm³/mol. The maximum atomic E-state index is 5.24. The SMILES string of the molecule is CC1(CNCc2csc(C(C)(C)C)n2)COC1. The third kappa shape index (κ3) is 3.27. The van der Waals surface area contributed by atoms with Crippen LogP contribution in [0.2, 0.25) is 0 Å². The van der Waals surface area contributed by atoms with E-state index in [1.807, 2.05) is 0 Å². The predicted octanol–water partition coefficient (Wildman–Crippen LogP) is 2.57. The quantitative estimate of drug-likeness (QED) is 0.896. The Morgan fingerprint density at radius 3 is 2.65 bits per heavy atom. The number of rotatable bonds is 4. The Labute approximate surface area is 108 Å². The molecule has 0 saturated carbocycles. The minimum atomic E-state index is 0.163. The summed E-state index contributed by atoms with van der Waals surface area (Å²) in [7, 11) is 0. The molecular formula is C13H22N2OS. The Balaban J connectivity index is 1.81. The molecule has 1 fully saturated rings. The average molecular weight is 254 g/mol. The van der Waals surface area contributed by atoms with Crippen molar-refractivity contribution in [1.82, 2.24) is 10.3 Å². The lowest BCUT2D eigenvalue weighted by atomic mass is 9.89. The maximum absolute atomic E-state index is 5.24. The summed E-state index contributed by atoms with van der Waals surface area (Å²) in [5.41, 5.74) is 1.66. The van der Waals surface area contributed by atoms with Crippen molar-refractivity contribution < 1.29 is 4.74 Å². The first-order valence-corrected chi connectivity index (χ1v) is 7.00. The molecule has 2 rings (SSSR count). The Morgan fingerprint density at radius 1 is 1.47 bits per heavy atom. The summed E-state index contributed by atoms with van der Waals surface area (Å²) in [6.07, 6.45) is 0. The van der Waals surface area contributed by atoms with E-state index in [1.54, 1.807) is 11.3 Å². The Bertz CT molecular complexity index is 377. The minimum absolute atomic E-state index is 0.163. The summed E-state index contributed by atoms with van der Waals surface area (Å²) in [6.45, 7) is 12.5. The van der Waals surface area contributed by atoms with Crippen LogP contribution in [-0.4, -0.2) is 24.7 Å². The van der Waals surface area contributed by atoms with Crippen LogP contribution >= 0.6 is 11.3 Å². The van der Waals surface area contributed by atoms with Gasteiger partial charge in [-0.2, -0.15) is 0 Å². The monoisotopic (exact) mass is 254 g/mol. The van der Waals surface area contributed by atoms with Crippen molar-refractivity contribution in [3.05, 3.63) is 16.1 Å². The molecule has 3 nitrogen and oxygen atoms in total. The van der Waals surface area contributed by atoms with E-state index in [-0.39, 0.29) is 5.41 Å². The van der Waals surface area contributed by atoms with E-state index in [2.05, 4.69) is 43.4 Å². The van der Waals surface area contributed by atoms with E-state index in [0.717, 1.165) is 32.0 Å². The van der Waals surface area contributed by atoms with E-state index >= 15 is 0 Å². The van der Waals surface area contributed by atoms with Gasteiger partial charge in [-0.25, -0.2) is 4.98 Å². The van der Waals surface area contributed by atoms with Gasteiger partial charge in [0.2, 0.25) is 0 Å². The summed E-state index contributed by atoms with van der Waals surface area (Å²) in [4.78, 5) is 4.67. The summed E-state index contributed by atoms with van der Waals surface area (Å²) in [5.74, 6) is 0. The zero-order valence-corrected chi connectivity index (χ0v) is 12.0. The van der Waals surface area contributed by atoms with E-state index in [4.69, 9.17) is 4.74 Å². The molecule has 0 radical (unpaired) electrons. The van der Waals surface area contributed by atoms with Crippen molar-refractivity contribution in [1.29, 1.82) is 0 Å². The van der Waals surface area contributed by atoms with Gasteiger partial charge in [0, 0.05) is 29.3 Å². The molecule has 0 aromatic carbocycles. The molecule has 1 aromatic heterocycles. The largest absolute Gasteiger partial charge is 0.380 e. The molecule has 0 spiro atoms. The smallest absolute Gasteiger partial charge is 0.0982 e. The number of hydrogen-bond acceptors (Lipinski definition) is 4. The fourth-order valence-electron chi connectivity index (χ4n) is 1.78. The fourth-order valence-corrected chi connectivity index (χ4v) is 2.68. The Morgan fingerprint density at radius 2 is 2.18 bits per heavy atom. The zero-order chi connectivity index (χ0) is 12.5. The highest BCUT2D eigenvalue weighted by Crippen LogP contribution is 2.27. The number of thiazole rings is 1. The topological polar surface area (TPSA) is 34.2 Å². The summed E-state index contributed by atoms with van der Waals surface area (Å²) in [5, 5.41) is 6.85. The number of hydrogen-bond donors (Lipinski definition) is 1. The van der Waals surface area contributed by atoms with Gasteiger partial charge in [0.1, 0.15) is 0 Å². The Kier molecular flexibility index (Phi) is 3.57. The molecule has 0 amide bonds. The Hall–Kier alpha value is -0.450. The third-order valence-corrected chi connectivity index (χ3v) is 4.27. The van der Waals surface area contributed by atoms with Gasteiger partial charge in [-0.15, -0.1) is 11.3 Å². The number of aromatic nitrogens is 1. The van der Waals surface area contributed by atoms with Crippen LogP contribution in [0.25, 0.3) is 0 Å². The van der Waals surface area contributed by atoms with Gasteiger partial charge in [0.05, 0.1) is 23.9 Å². The van der Waals surface area contributed by atoms with Gasteiger partial charge in [-0.1, -0.05) is 27.7 Å². The molecule has 0 aliphatic carbocycles. The lowest BCUT2D eigenvalue weighted by Gasteiger charge is -2.38. The van der Waals surface area contributed by atoms with Crippen LogP contribution in [0.4, 0.5) is 0 Å². The normalized spacial score (nSPS) is 19.1. The van der Waals surface area contributed by atoms with Crippen LogP contribution in [-0.2, 0) is 16.7 Å². The number of ether oxygens (including phenoxy) is 1. The van der Waals surface area contributed by atoms with E-state index in [0.29, 0.717) is 5.41 Å². The van der Waals surface area contributed by atoms with Crippen molar-refractivity contribution in [3.63, 3.8) is 0 Å². The second kappa shape index (κ2) is 4.67. The molecule has 0 atom stereocenters. The van der Waals surface area contributed by atoms with Crippen molar-refractivity contribution in [2.75, 3.05) is 19.8 Å². The molecule has 17 heavy (non-hydrogen) atoms. The van der Waals surface area contributed by atoms with Crippen LogP contribution in [0, 0.1) is 5.41 Å². The highest BCUT2D eigenvalue weighted by Gasteiger charge is 2.32. The van der Waals surface area contributed by atoms with Gasteiger partial charge in [-0.05, 0) is 0 Å². The lowest BCUT2D eigenvalue weighted by molar-refractivity contribution is -0.0991. The first-order chi connectivity index (χ1) is 7.89. The van der Waals surface area contributed by atoms with Crippen LogP contribution in [0.3, 0.4) is 0 Å². The second-order valence-electron chi connectivity index (χ2n) is 6.30. The molecule has 1 saturated heterocycles. The van der Waals surface area contributed by atoms with Gasteiger partial charge in [-0.3, -0.25) is 0 Å². The first kappa shape index (κ1) is 13.0. The molecule has 1 aromatic rings. The molecule has 4 heteroatoms. The van der Waals surface area contributed by atoms with E-state index < -0.39 is 0 Å². The van der Waals surface area contributed by atoms with Crippen LogP contribution in [0.1, 0.15) is 38.4 Å². The molecule has 1 aliphatic heterocycles. The first-order valence-electron chi connectivity index (χ1n) is 6.12. The summed E-state index contributed by atoms with van der Waals surface area (Å²) >= 11 is 1.76. The molecular weight excluding hydrogens is 232 g/mol. The van der Waals surface area contributed by atoms with Gasteiger partial charge in [0.15, 0.2) is 0 Å². The summed E-state index contributed by atoms with van der Waals surface area (Å²) < 4.78 is 5.24. The summed E-state index contributed by atoms with van der Waals surface area (Å²) in [6, 6.07) is 0. The van der Waals surface area contributed by atoms with Gasteiger partial charge < -0.3 is 10.1 Å². The maximum Gasteiger partial charge on any atom is 0.0982 e. The van der Waals surface area contributed by atoms with Gasteiger partial charge in [0.25, 0.3) is 0 Å². The standard InChI is InChI=1S/C13H22N2OS/c1-12(2,3)11-15-10(6-17-11)5-14-7-13(4)8-16-9-13/h6,14H,5,7-9H2,1-4H3. The molecule has 96 valence electrons.